The Morgan fingerprint density at radius 2 is 1.81 bits per heavy atom. The molecule has 0 saturated carbocycles. The van der Waals surface area contributed by atoms with E-state index in [-0.39, 0.29) is 6.54 Å². The van der Waals surface area contributed by atoms with Gasteiger partial charge in [0.2, 0.25) is 5.95 Å². The predicted molar refractivity (Wildman–Crippen MR) is 130 cm³/mol. The lowest BCUT2D eigenvalue weighted by atomic mass is 10.2. The van der Waals surface area contributed by atoms with Crippen LogP contribution in [0.4, 0.5) is 28.8 Å². The van der Waals surface area contributed by atoms with Crippen molar-refractivity contribution < 1.29 is 9.90 Å². The van der Waals surface area contributed by atoms with Crippen LogP contribution in [0, 0.1) is 6.92 Å². The lowest BCUT2D eigenvalue weighted by molar-refractivity contribution is -0.138. The molecule has 1 aliphatic rings. The number of carbonyl (C=O) groups is 1. The van der Waals surface area contributed by atoms with Crippen molar-refractivity contribution in [1.82, 2.24) is 14.9 Å². The standard InChI is InChI=1S/C23H26N6O2S/c1-16-14-24-23(27-22(16)25-18-3-2-4-20(32)13-18)26-17-5-7-19(8-6-17)29-11-9-28(10-12-29)15-21(30)31/h2-8,13-14,32H,9-12,15H2,1H3,(H,30,31)(H2,24,25,26,27). The second-order valence-corrected chi connectivity index (χ2v) is 8.25. The van der Waals surface area contributed by atoms with Crippen LogP contribution < -0.4 is 15.5 Å². The number of aliphatic carboxylic acids is 1. The first-order valence-electron chi connectivity index (χ1n) is 10.4. The average Bonchev–Trinajstić information content (AvgIpc) is 2.77. The normalized spacial score (nSPS) is 14.2. The van der Waals surface area contributed by atoms with Gasteiger partial charge >= 0.3 is 5.97 Å². The van der Waals surface area contributed by atoms with Gasteiger partial charge in [0, 0.05) is 59.9 Å². The number of rotatable bonds is 7. The molecule has 3 aromatic rings. The Kier molecular flexibility index (Phi) is 6.77. The number of nitrogens with one attached hydrogen (secondary N) is 2. The molecule has 0 atom stereocenters. The Balaban J connectivity index is 1.39. The van der Waals surface area contributed by atoms with E-state index in [4.69, 9.17) is 5.11 Å². The van der Waals surface area contributed by atoms with Gasteiger partial charge in [-0.3, -0.25) is 9.69 Å². The summed E-state index contributed by atoms with van der Waals surface area (Å²) in [5.41, 5.74) is 3.87. The first-order chi connectivity index (χ1) is 15.5. The average molecular weight is 451 g/mol. The molecule has 0 spiro atoms. The van der Waals surface area contributed by atoms with E-state index in [1.165, 1.54) is 0 Å². The van der Waals surface area contributed by atoms with Gasteiger partial charge in [0.25, 0.3) is 0 Å². The Morgan fingerprint density at radius 3 is 2.50 bits per heavy atom. The molecule has 4 rings (SSSR count). The molecule has 0 radical (unpaired) electrons. The van der Waals surface area contributed by atoms with Crippen molar-refractivity contribution in [1.29, 1.82) is 0 Å². The number of benzene rings is 2. The third-order valence-electron chi connectivity index (χ3n) is 5.30. The summed E-state index contributed by atoms with van der Waals surface area (Å²) >= 11 is 4.38. The fourth-order valence-electron chi connectivity index (χ4n) is 3.59. The molecular formula is C23H26N6O2S. The first-order valence-corrected chi connectivity index (χ1v) is 10.9. The molecule has 2 aromatic carbocycles. The highest BCUT2D eigenvalue weighted by Gasteiger charge is 2.18. The van der Waals surface area contributed by atoms with Crippen molar-refractivity contribution in [3.8, 4) is 0 Å². The van der Waals surface area contributed by atoms with Crippen molar-refractivity contribution in [3.05, 3.63) is 60.3 Å². The zero-order chi connectivity index (χ0) is 22.5. The largest absolute Gasteiger partial charge is 0.480 e. The molecule has 3 N–H and O–H groups in total. The lowest BCUT2D eigenvalue weighted by Gasteiger charge is -2.35. The van der Waals surface area contributed by atoms with E-state index in [2.05, 4.69) is 50.3 Å². The molecule has 0 bridgehead atoms. The maximum Gasteiger partial charge on any atom is 0.317 e. The van der Waals surface area contributed by atoms with Crippen LogP contribution in [0.25, 0.3) is 0 Å². The fourth-order valence-corrected chi connectivity index (χ4v) is 3.81. The summed E-state index contributed by atoms with van der Waals surface area (Å²) in [7, 11) is 0. The quantitative estimate of drug-likeness (QED) is 0.404. The van der Waals surface area contributed by atoms with Gasteiger partial charge in [-0.15, -0.1) is 12.6 Å². The van der Waals surface area contributed by atoms with E-state index in [0.717, 1.165) is 59.5 Å². The van der Waals surface area contributed by atoms with Gasteiger partial charge in [-0.1, -0.05) is 6.07 Å². The molecule has 1 saturated heterocycles. The minimum atomic E-state index is -0.777. The minimum absolute atomic E-state index is 0.101. The summed E-state index contributed by atoms with van der Waals surface area (Å²) in [5.74, 6) is 0.466. The number of thiol groups is 1. The number of carboxylic acid groups (broad SMARTS) is 1. The lowest BCUT2D eigenvalue weighted by Crippen LogP contribution is -2.47. The highest BCUT2D eigenvalue weighted by molar-refractivity contribution is 7.80. The highest BCUT2D eigenvalue weighted by atomic mass is 32.1. The molecule has 2 heterocycles. The third-order valence-corrected chi connectivity index (χ3v) is 5.58. The highest BCUT2D eigenvalue weighted by Crippen LogP contribution is 2.24. The zero-order valence-corrected chi connectivity index (χ0v) is 18.7. The van der Waals surface area contributed by atoms with Crippen molar-refractivity contribution in [2.24, 2.45) is 0 Å². The number of piperazine rings is 1. The Morgan fingerprint density at radius 1 is 1.06 bits per heavy atom. The molecule has 32 heavy (non-hydrogen) atoms. The van der Waals surface area contributed by atoms with E-state index >= 15 is 0 Å². The summed E-state index contributed by atoms with van der Waals surface area (Å²) in [4.78, 5) is 25.0. The third kappa shape index (κ3) is 5.68. The van der Waals surface area contributed by atoms with E-state index in [0.29, 0.717) is 5.95 Å². The van der Waals surface area contributed by atoms with Crippen LogP contribution in [0.3, 0.4) is 0 Å². The SMILES string of the molecule is Cc1cnc(Nc2ccc(N3CCN(CC(=O)O)CC3)cc2)nc1Nc1cccc(S)c1. The summed E-state index contributed by atoms with van der Waals surface area (Å²) in [6.07, 6.45) is 1.78. The van der Waals surface area contributed by atoms with Crippen LogP contribution in [-0.4, -0.2) is 58.7 Å². The second-order valence-electron chi connectivity index (χ2n) is 7.73. The molecule has 8 nitrogen and oxygen atoms in total. The number of hydrogen-bond acceptors (Lipinski definition) is 8. The van der Waals surface area contributed by atoms with Crippen molar-refractivity contribution in [2.75, 3.05) is 48.3 Å². The van der Waals surface area contributed by atoms with Gasteiger partial charge in [0.1, 0.15) is 5.82 Å². The van der Waals surface area contributed by atoms with Gasteiger partial charge in [-0.25, -0.2) is 4.98 Å². The van der Waals surface area contributed by atoms with E-state index < -0.39 is 5.97 Å². The van der Waals surface area contributed by atoms with E-state index in [9.17, 15) is 4.79 Å². The van der Waals surface area contributed by atoms with Gasteiger partial charge in [-0.2, -0.15) is 4.98 Å². The predicted octanol–water partition coefficient (Wildman–Crippen LogP) is 3.77. The number of aromatic nitrogens is 2. The van der Waals surface area contributed by atoms with Crippen LogP contribution in [0.5, 0.6) is 0 Å². The topological polar surface area (TPSA) is 93.6 Å². The number of carboxylic acids is 1. The molecule has 0 amide bonds. The molecule has 0 aliphatic carbocycles. The molecule has 166 valence electrons. The van der Waals surface area contributed by atoms with Crippen molar-refractivity contribution >= 4 is 47.4 Å². The van der Waals surface area contributed by atoms with Crippen molar-refractivity contribution in [2.45, 2.75) is 11.8 Å². The molecule has 1 aromatic heterocycles. The van der Waals surface area contributed by atoms with Gasteiger partial charge in [0.15, 0.2) is 0 Å². The summed E-state index contributed by atoms with van der Waals surface area (Å²) in [5, 5.41) is 15.5. The van der Waals surface area contributed by atoms with Gasteiger partial charge < -0.3 is 20.6 Å². The summed E-state index contributed by atoms with van der Waals surface area (Å²) < 4.78 is 0. The number of nitrogens with zero attached hydrogens (tertiary/aromatic N) is 4. The molecule has 1 aliphatic heterocycles. The van der Waals surface area contributed by atoms with Crippen LogP contribution >= 0.6 is 12.6 Å². The molecule has 9 heteroatoms. The zero-order valence-electron chi connectivity index (χ0n) is 17.8. The smallest absolute Gasteiger partial charge is 0.317 e. The Hall–Kier alpha value is -3.30. The van der Waals surface area contributed by atoms with Crippen LogP contribution in [0.1, 0.15) is 5.56 Å². The fraction of sp³-hybridized carbons (Fsp3) is 0.261. The molecule has 0 unspecified atom stereocenters. The van der Waals surface area contributed by atoms with Crippen LogP contribution in [0.15, 0.2) is 59.6 Å². The second kappa shape index (κ2) is 9.88. The monoisotopic (exact) mass is 450 g/mol. The van der Waals surface area contributed by atoms with E-state index in [1.807, 2.05) is 48.2 Å². The first kappa shape index (κ1) is 21.9. The maximum atomic E-state index is 10.9. The number of hydrogen-bond donors (Lipinski definition) is 4. The van der Waals surface area contributed by atoms with Crippen molar-refractivity contribution in [3.63, 3.8) is 0 Å². The molecule has 1 fully saturated rings. The summed E-state index contributed by atoms with van der Waals surface area (Å²) in [6, 6.07) is 15.9. The van der Waals surface area contributed by atoms with Gasteiger partial charge in [0.05, 0.1) is 6.54 Å². The summed E-state index contributed by atoms with van der Waals surface area (Å²) in [6.45, 7) is 5.17. The number of anilines is 5. The van der Waals surface area contributed by atoms with E-state index in [1.54, 1.807) is 6.20 Å². The maximum absolute atomic E-state index is 10.9. The Bertz CT molecular complexity index is 1080. The van der Waals surface area contributed by atoms with Crippen LogP contribution in [-0.2, 0) is 4.79 Å². The number of aryl methyl sites for hydroxylation is 1. The van der Waals surface area contributed by atoms with Gasteiger partial charge in [-0.05, 0) is 49.4 Å². The van der Waals surface area contributed by atoms with Crippen LogP contribution in [0.2, 0.25) is 0 Å². The Labute approximate surface area is 192 Å². The minimum Gasteiger partial charge on any atom is -0.480 e. The molecular weight excluding hydrogens is 424 g/mol.